The number of hydrogen-bond donors (Lipinski definition) is 2. The van der Waals surface area contributed by atoms with Gasteiger partial charge in [0.05, 0.1) is 24.9 Å². The third kappa shape index (κ3) is 3.93. The molecule has 130 valence electrons. The summed E-state index contributed by atoms with van der Waals surface area (Å²) < 4.78 is 6.75. The first kappa shape index (κ1) is 18.4. The Morgan fingerprint density at radius 2 is 2.21 bits per heavy atom. The van der Waals surface area contributed by atoms with Gasteiger partial charge in [0.25, 0.3) is 0 Å². The van der Waals surface area contributed by atoms with Gasteiger partial charge in [0.2, 0.25) is 0 Å². The van der Waals surface area contributed by atoms with Crippen LogP contribution in [0.4, 0.5) is 5.00 Å². The summed E-state index contributed by atoms with van der Waals surface area (Å²) in [6.45, 7) is 8.89. The van der Waals surface area contributed by atoms with Crippen LogP contribution in [0.5, 0.6) is 0 Å². The first-order valence-corrected chi connectivity index (χ1v) is 8.88. The Hall–Kier alpha value is -1.93. The van der Waals surface area contributed by atoms with Gasteiger partial charge in [-0.3, -0.25) is 4.68 Å². The zero-order chi connectivity index (χ0) is 17.9. The van der Waals surface area contributed by atoms with E-state index < -0.39 is 0 Å². The molecule has 0 spiro atoms. The molecule has 0 bridgehead atoms. The zero-order valence-electron chi connectivity index (χ0n) is 14.5. The minimum Gasteiger partial charge on any atom is -0.465 e. The van der Waals surface area contributed by atoms with E-state index in [4.69, 9.17) is 17.0 Å². The van der Waals surface area contributed by atoms with Crippen LogP contribution in [0.25, 0.3) is 0 Å². The second-order valence-corrected chi connectivity index (χ2v) is 7.08. The number of thiocarbonyl (C=S) groups is 1. The van der Waals surface area contributed by atoms with Crippen molar-refractivity contribution >= 4 is 39.6 Å². The summed E-state index contributed by atoms with van der Waals surface area (Å²) in [5.41, 5.74) is 2.70. The van der Waals surface area contributed by atoms with Crippen LogP contribution < -0.4 is 10.6 Å². The Balaban J connectivity index is 2.08. The second kappa shape index (κ2) is 7.76. The zero-order valence-corrected chi connectivity index (χ0v) is 16.1. The molecule has 2 N–H and O–H groups in total. The van der Waals surface area contributed by atoms with Gasteiger partial charge >= 0.3 is 5.97 Å². The quantitative estimate of drug-likeness (QED) is 0.624. The van der Waals surface area contributed by atoms with Gasteiger partial charge in [-0.15, -0.1) is 11.3 Å². The average molecular weight is 367 g/mol. The maximum atomic E-state index is 11.8. The summed E-state index contributed by atoms with van der Waals surface area (Å²) in [5, 5.41) is 11.8. The predicted octanol–water partition coefficient (Wildman–Crippen LogP) is 3.42. The summed E-state index contributed by atoms with van der Waals surface area (Å²) in [7, 11) is 1.37. The number of hydrogen-bond acceptors (Lipinski definition) is 5. The molecule has 24 heavy (non-hydrogen) atoms. The van der Waals surface area contributed by atoms with Crippen LogP contribution in [-0.2, 0) is 11.3 Å². The van der Waals surface area contributed by atoms with Gasteiger partial charge in [0.15, 0.2) is 5.11 Å². The monoisotopic (exact) mass is 366 g/mol. The molecule has 0 aliphatic carbocycles. The standard InChI is InChI=1S/C16H22N4O2S2/c1-6-20-11(4)13(8-17-20)10(3)18-16(23)19-14-12(15(21)22-5)7-9(2)24-14/h7-8,10H,6H2,1-5H3,(H2,18,19,23). The highest BCUT2D eigenvalue weighted by Gasteiger charge is 2.18. The van der Waals surface area contributed by atoms with Crippen molar-refractivity contribution in [2.45, 2.75) is 40.3 Å². The van der Waals surface area contributed by atoms with Gasteiger partial charge in [-0.25, -0.2) is 4.79 Å². The Morgan fingerprint density at radius 1 is 1.50 bits per heavy atom. The molecular formula is C16H22N4O2S2. The van der Waals surface area contributed by atoms with Crippen molar-refractivity contribution in [1.82, 2.24) is 15.1 Å². The van der Waals surface area contributed by atoms with E-state index in [9.17, 15) is 4.79 Å². The molecule has 1 atom stereocenters. The molecular weight excluding hydrogens is 344 g/mol. The number of aromatic nitrogens is 2. The number of carbonyl (C=O) groups excluding carboxylic acids is 1. The minimum absolute atomic E-state index is 0.00735. The minimum atomic E-state index is -0.377. The molecule has 2 rings (SSSR count). The molecule has 2 heterocycles. The van der Waals surface area contributed by atoms with Gasteiger partial charge in [-0.1, -0.05) is 0 Å². The first-order valence-electron chi connectivity index (χ1n) is 7.65. The molecule has 0 aromatic carbocycles. The lowest BCUT2D eigenvalue weighted by Crippen LogP contribution is -2.31. The lowest BCUT2D eigenvalue weighted by atomic mass is 10.1. The Labute approximate surface area is 151 Å². The maximum Gasteiger partial charge on any atom is 0.340 e. The van der Waals surface area contributed by atoms with E-state index in [1.54, 1.807) is 6.07 Å². The van der Waals surface area contributed by atoms with Crippen molar-refractivity contribution in [3.05, 3.63) is 34.0 Å². The molecule has 0 aliphatic rings. The number of carbonyl (C=O) groups is 1. The van der Waals surface area contributed by atoms with E-state index >= 15 is 0 Å². The molecule has 0 saturated heterocycles. The van der Waals surface area contributed by atoms with Gasteiger partial charge in [-0.2, -0.15) is 5.10 Å². The van der Waals surface area contributed by atoms with Crippen LogP contribution >= 0.6 is 23.6 Å². The van der Waals surface area contributed by atoms with Crippen LogP contribution in [0.3, 0.4) is 0 Å². The normalized spacial score (nSPS) is 11.9. The fourth-order valence-corrected chi connectivity index (χ4v) is 3.73. The molecule has 2 aromatic rings. The largest absolute Gasteiger partial charge is 0.465 e. The van der Waals surface area contributed by atoms with E-state index in [-0.39, 0.29) is 12.0 Å². The molecule has 0 amide bonds. The molecule has 0 fully saturated rings. The highest BCUT2D eigenvalue weighted by Crippen LogP contribution is 2.28. The Bertz CT molecular complexity index is 751. The number of rotatable bonds is 5. The molecule has 2 aromatic heterocycles. The number of nitrogens with one attached hydrogen (secondary N) is 2. The number of thiophene rings is 1. The van der Waals surface area contributed by atoms with Gasteiger partial charge in [0.1, 0.15) is 5.00 Å². The van der Waals surface area contributed by atoms with Crippen LogP contribution in [0.15, 0.2) is 12.3 Å². The van der Waals surface area contributed by atoms with Crippen molar-refractivity contribution < 1.29 is 9.53 Å². The van der Waals surface area contributed by atoms with Crippen LogP contribution in [0.2, 0.25) is 0 Å². The van der Waals surface area contributed by atoms with Gasteiger partial charge in [0, 0.05) is 22.7 Å². The topological polar surface area (TPSA) is 68.2 Å². The average Bonchev–Trinajstić information content (AvgIpc) is 3.08. The number of nitrogens with zero attached hydrogens (tertiary/aromatic N) is 2. The van der Waals surface area contributed by atoms with Crippen LogP contribution in [0, 0.1) is 13.8 Å². The summed E-state index contributed by atoms with van der Waals surface area (Å²) in [5.74, 6) is -0.377. The molecule has 1 unspecified atom stereocenters. The lowest BCUT2D eigenvalue weighted by Gasteiger charge is -2.17. The highest BCUT2D eigenvalue weighted by atomic mass is 32.1. The number of ether oxygens (including phenoxy) is 1. The van der Waals surface area contributed by atoms with Crippen molar-refractivity contribution in [3.8, 4) is 0 Å². The van der Waals surface area contributed by atoms with E-state index in [1.165, 1.54) is 18.4 Å². The highest BCUT2D eigenvalue weighted by molar-refractivity contribution is 7.80. The number of aryl methyl sites for hydroxylation is 2. The third-order valence-corrected chi connectivity index (χ3v) is 4.93. The Morgan fingerprint density at radius 3 is 2.79 bits per heavy atom. The summed E-state index contributed by atoms with van der Waals surface area (Å²) in [6, 6.07) is 1.80. The van der Waals surface area contributed by atoms with E-state index in [0.717, 1.165) is 22.7 Å². The summed E-state index contributed by atoms with van der Waals surface area (Å²) >= 11 is 6.85. The van der Waals surface area contributed by atoms with Crippen molar-refractivity contribution in [2.75, 3.05) is 12.4 Å². The Kier molecular flexibility index (Phi) is 5.95. The van der Waals surface area contributed by atoms with Crippen molar-refractivity contribution in [2.24, 2.45) is 0 Å². The maximum absolute atomic E-state index is 11.8. The molecule has 0 radical (unpaired) electrons. The van der Waals surface area contributed by atoms with Crippen LogP contribution in [0.1, 0.15) is 46.4 Å². The SMILES string of the molecule is CCn1ncc(C(C)NC(=S)Nc2sc(C)cc2C(=O)OC)c1C. The van der Waals surface area contributed by atoms with Crippen LogP contribution in [-0.4, -0.2) is 28.0 Å². The lowest BCUT2D eigenvalue weighted by molar-refractivity contribution is 0.0602. The summed E-state index contributed by atoms with van der Waals surface area (Å²) in [6.07, 6.45) is 1.86. The summed E-state index contributed by atoms with van der Waals surface area (Å²) in [4.78, 5) is 12.8. The fourth-order valence-electron chi connectivity index (χ4n) is 2.49. The first-order chi connectivity index (χ1) is 11.4. The number of esters is 1. The molecule has 0 saturated carbocycles. The fraction of sp³-hybridized carbons (Fsp3) is 0.438. The van der Waals surface area contributed by atoms with E-state index in [0.29, 0.717) is 15.7 Å². The molecule has 8 heteroatoms. The van der Waals surface area contributed by atoms with Crippen molar-refractivity contribution in [3.63, 3.8) is 0 Å². The number of methoxy groups -OCH3 is 1. The van der Waals surface area contributed by atoms with Gasteiger partial charge in [-0.05, 0) is 46.0 Å². The van der Waals surface area contributed by atoms with Crippen molar-refractivity contribution in [1.29, 1.82) is 0 Å². The molecule has 0 aliphatic heterocycles. The number of anilines is 1. The molecule has 6 nitrogen and oxygen atoms in total. The smallest absolute Gasteiger partial charge is 0.340 e. The van der Waals surface area contributed by atoms with Gasteiger partial charge < -0.3 is 15.4 Å². The third-order valence-electron chi connectivity index (χ3n) is 3.74. The van der Waals surface area contributed by atoms with E-state index in [2.05, 4.69) is 22.7 Å². The second-order valence-electron chi connectivity index (χ2n) is 5.41. The predicted molar refractivity (Wildman–Crippen MR) is 101 cm³/mol. The van der Waals surface area contributed by atoms with E-state index in [1.807, 2.05) is 31.6 Å².